The first kappa shape index (κ1) is 15.6. The second-order valence-corrected chi connectivity index (χ2v) is 4.92. The minimum Gasteiger partial charge on any atom is -0.493 e. The second-order valence-electron chi connectivity index (χ2n) is 4.51. The average molecular weight is 310 g/mol. The molecule has 0 saturated heterocycles. The summed E-state index contributed by atoms with van der Waals surface area (Å²) in [5.74, 6) is 0.741. The molecular weight excluding hydrogens is 293 g/mol. The molecule has 0 bridgehead atoms. The molecule has 0 aliphatic heterocycles. The average Bonchev–Trinajstić information content (AvgIpc) is 2.47. The molecule has 0 saturated carbocycles. The molecule has 2 N–H and O–H groups in total. The highest BCUT2D eigenvalue weighted by Crippen LogP contribution is 2.30. The lowest BCUT2D eigenvalue weighted by Gasteiger charge is -2.13. The summed E-state index contributed by atoms with van der Waals surface area (Å²) in [7, 11) is 1.56. The molecule has 0 amide bonds. The van der Waals surface area contributed by atoms with Crippen molar-refractivity contribution in [2.75, 3.05) is 13.7 Å². The molecule has 0 spiro atoms. The van der Waals surface area contributed by atoms with E-state index in [9.17, 15) is 4.39 Å². The number of ether oxygens (including phenoxy) is 2. The van der Waals surface area contributed by atoms with Crippen LogP contribution in [0.3, 0.4) is 0 Å². The van der Waals surface area contributed by atoms with Gasteiger partial charge in [0.2, 0.25) is 0 Å². The first-order chi connectivity index (χ1) is 10.2. The lowest BCUT2D eigenvalue weighted by molar-refractivity contribution is 0.279. The predicted octanol–water partition coefficient (Wildman–Crippen LogP) is 3.57. The first-order valence-corrected chi connectivity index (χ1v) is 6.96. The highest BCUT2D eigenvalue weighted by molar-refractivity contribution is 6.31. The molecule has 3 nitrogen and oxygen atoms in total. The summed E-state index contributed by atoms with van der Waals surface area (Å²) in [4.78, 5) is 0. The normalized spacial score (nSPS) is 10.5. The topological polar surface area (TPSA) is 44.5 Å². The Morgan fingerprint density at radius 2 is 2.00 bits per heavy atom. The summed E-state index contributed by atoms with van der Waals surface area (Å²) >= 11 is 5.98. The van der Waals surface area contributed by atoms with Crippen LogP contribution in [0.15, 0.2) is 36.4 Å². The van der Waals surface area contributed by atoms with Crippen molar-refractivity contribution in [3.05, 3.63) is 58.4 Å². The van der Waals surface area contributed by atoms with Gasteiger partial charge in [-0.1, -0.05) is 23.7 Å². The lowest BCUT2D eigenvalue weighted by atomic mass is 10.1. The first-order valence-electron chi connectivity index (χ1n) is 6.58. The van der Waals surface area contributed by atoms with Gasteiger partial charge in [0.15, 0.2) is 11.5 Å². The van der Waals surface area contributed by atoms with Gasteiger partial charge in [0.1, 0.15) is 12.4 Å². The van der Waals surface area contributed by atoms with Crippen LogP contribution in [-0.4, -0.2) is 13.7 Å². The molecule has 2 aromatic rings. The van der Waals surface area contributed by atoms with Gasteiger partial charge in [-0.05, 0) is 42.8 Å². The van der Waals surface area contributed by atoms with Gasteiger partial charge in [0.25, 0.3) is 0 Å². The van der Waals surface area contributed by atoms with E-state index >= 15 is 0 Å². The van der Waals surface area contributed by atoms with Crippen LogP contribution >= 0.6 is 11.6 Å². The summed E-state index contributed by atoms with van der Waals surface area (Å²) in [6.45, 7) is 0.582. The van der Waals surface area contributed by atoms with Gasteiger partial charge in [0.05, 0.1) is 12.1 Å². The van der Waals surface area contributed by atoms with Crippen molar-refractivity contribution in [2.24, 2.45) is 5.73 Å². The van der Waals surface area contributed by atoms with Gasteiger partial charge in [-0.2, -0.15) is 0 Å². The molecule has 2 rings (SSSR count). The fourth-order valence-electron chi connectivity index (χ4n) is 1.98. The fraction of sp³-hybridized carbons (Fsp3) is 0.250. The Kier molecular flexibility index (Phi) is 5.42. The summed E-state index contributed by atoms with van der Waals surface area (Å²) < 4.78 is 24.6. The lowest BCUT2D eigenvalue weighted by Crippen LogP contribution is -2.04. The standard InChI is InChI=1S/C16H17ClFNO2/c1-20-15-6-5-11(7-8-19)9-16(15)21-10-12-13(17)3-2-4-14(12)18/h2-6,9H,7-8,10,19H2,1H3. The van der Waals surface area contributed by atoms with Crippen LogP contribution in [0.25, 0.3) is 0 Å². The van der Waals surface area contributed by atoms with E-state index < -0.39 is 0 Å². The highest BCUT2D eigenvalue weighted by Gasteiger charge is 2.10. The Hall–Kier alpha value is -1.78. The predicted molar refractivity (Wildman–Crippen MR) is 81.5 cm³/mol. The Bertz CT molecular complexity index is 599. The van der Waals surface area contributed by atoms with Crippen LogP contribution < -0.4 is 15.2 Å². The third-order valence-corrected chi connectivity index (χ3v) is 3.45. The van der Waals surface area contributed by atoms with Crippen LogP contribution in [0, 0.1) is 5.82 Å². The summed E-state index contributed by atoms with van der Waals surface area (Å²) in [6.07, 6.45) is 0.737. The molecule has 0 aromatic heterocycles. The SMILES string of the molecule is COc1ccc(CCN)cc1OCc1c(F)cccc1Cl. The Balaban J connectivity index is 2.20. The Labute approximate surface area is 128 Å². The van der Waals surface area contributed by atoms with Crippen molar-refractivity contribution in [3.63, 3.8) is 0 Å². The van der Waals surface area contributed by atoms with Gasteiger partial charge < -0.3 is 15.2 Å². The number of methoxy groups -OCH3 is 1. The summed E-state index contributed by atoms with van der Waals surface area (Å²) in [6, 6.07) is 10.1. The van der Waals surface area contributed by atoms with Crippen LogP contribution in [0.4, 0.5) is 4.39 Å². The molecule has 112 valence electrons. The summed E-state index contributed by atoms with van der Waals surface area (Å²) in [5.41, 5.74) is 6.91. The zero-order valence-electron chi connectivity index (χ0n) is 11.7. The molecule has 0 heterocycles. The molecule has 0 atom stereocenters. The molecule has 5 heteroatoms. The van der Waals surface area contributed by atoms with Crippen molar-refractivity contribution in [2.45, 2.75) is 13.0 Å². The maximum Gasteiger partial charge on any atom is 0.161 e. The molecule has 0 unspecified atom stereocenters. The maximum atomic E-state index is 13.7. The van der Waals surface area contributed by atoms with Gasteiger partial charge >= 0.3 is 0 Å². The molecule has 0 fully saturated rings. The number of rotatable bonds is 6. The molecule has 2 aromatic carbocycles. The second kappa shape index (κ2) is 7.29. The quantitative estimate of drug-likeness (QED) is 0.887. The summed E-state index contributed by atoms with van der Waals surface area (Å²) in [5, 5.41) is 0.340. The highest BCUT2D eigenvalue weighted by atomic mass is 35.5. The van der Waals surface area contributed by atoms with Gasteiger partial charge in [-0.15, -0.1) is 0 Å². The molecule has 0 radical (unpaired) electrons. The fourth-order valence-corrected chi connectivity index (χ4v) is 2.19. The molecule has 21 heavy (non-hydrogen) atoms. The van der Waals surface area contributed by atoms with E-state index in [2.05, 4.69) is 0 Å². The Morgan fingerprint density at radius 3 is 2.67 bits per heavy atom. The monoisotopic (exact) mass is 309 g/mol. The van der Waals surface area contributed by atoms with Crippen molar-refractivity contribution >= 4 is 11.6 Å². The van der Waals surface area contributed by atoms with E-state index in [4.69, 9.17) is 26.8 Å². The minimum atomic E-state index is -0.389. The smallest absolute Gasteiger partial charge is 0.161 e. The third kappa shape index (κ3) is 3.86. The van der Waals surface area contributed by atoms with E-state index in [1.807, 2.05) is 18.2 Å². The van der Waals surface area contributed by atoms with Crippen LogP contribution in [0.5, 0.6) is 11.5 Å². The van der Waals surface area contributed by atoms with E-state index in [1.165, 1.54) is 6.07 Å². The van der Waals surface area contributed by atoms with Crippen molar-refractivity contribution < 1.29 is 13.9 Å². The molecule has 0 aliphatic rings. The van der Waals surface area contributed by atoms with E-state index in [0.717, 1.165) is 12.0 Å². The van der Waals surface area contributed by atoms with Crippen molar-refractivity contribution in [1.29, 1.82) is 0 Å². The van der Waals surface area contributed by atoms with Gasteiger partial charge in [0, 0.05) is 5.56 Å². The number of benzene rings is 2. The van der Waals surface area contributed by atoms with E-state index in [0.29, 0.717) is 28.6 Å². The van der Waals surface area contributed by atoms with Crippen molar-refractivity contribution in [3.8, 4) is 11.5 Å². The van der Waals surface area contributed by atoms with Crippen LogP contribution in [0.1, 0.15) is 11.1 Å². The largest absolute Gasteiger partial charge is 0.493 e. The van der Waals surface area contributed by atoms with Gasteiger partial charge in [-0.25, -0.2) is 4.39 Å². The van der Waals surface area contributed by atoms with Gasteiger partial charge in [-0.3, -0.25) is 0 Å². The third-order valence-electron chi connectivity index (χ3n) is 3.09. The van der Waals surface area contributed by atoms with Crippen LogP contribution in [0.2, 0.25) is 5.02 Å². The number of hydrogen-bond acceptors (Lipinski definition) is 3. The number of nitrogens with two attached hydrogens (primary N) is 1. The maximum absolute atomic E-state index is 13.7. The van der Waals surface area contributed by atoms with Crippen LogP contribution in [-0.2, 0) is 13.0 Å². The number of halogens is 2. The van der Waals surface area contributed by atoms with E-state index in [1.54, 1.807) is 19.2 Å². The molecule has 0 aliphatic carbocycles. The zero-order chi connectivity index (χ0) is 15.2. The minimum absolute atomic E-state index is 0.0357. The van der Waals surface area contributed by atoms with E-state index in [-0.39, 0.29) is 12.4 Å². The Morgan fingerprint density at radius 1 is 1.19 bits per heavy atom. The zero-order valence-corrected chi connectivity index (χ0v) is 12.5. The van der Waals surface area contributed by atoms with Crippen molar-refractivity contribution in [1.82, 2.24) is 0 Å². The number of hydrogen-bond donors (Lipinski definition) is 1. The molecular formula is C16H17ClFNO2.